The molecule has 1 unspecified atom stereocenters. The maximum absolute atomic E-state index is 10.5. The van der Waals surface area contributed by atoms with E-state index in [0.717, 1.165) is 10.4 Å². The molecule has 1 aromatic carbocycles. The van der Waals surface area contributed by atoms with Crippen LogP contribution in [0.25, 0.3) is 0 Å². The number of carbonyl (C=O) groups is 1. The van der Waals surface area contributed by atoms with Crippen LogP contribution in [0.3, 0.4) is 0 Å². The lowest BCUT2D eigenvalue weighted by atomic mass is 10.0. The molecule has 2 aromatic rings. The minimum Gasteiger partial charge on any atom is -0.481 e. The van der Waals surface area contributed by atoms with Crippen LogP contribution in [-0.4, -0.2) is 11.1 Å². The highest BCUT2D eigenvalue weighted by Crippen LogP contribution is 2.24. The highest BCUT2D eigenvalue weighted by molar-refractivity contribution is 7.10. The van der Waals surface area contributed by atoms with Gasteiger partial charge in [-0.05, 0) is 23.9 Å². The van der Waals surface area contributed by atoms with Crippen molar-refractivity contribution >= 4 is 17.3 Å². The molecule has 1 heterocycles. The summed E-state index contributed by atoms with van der Waals surface area (Å²) in [4.78, 5) is 11.2. The van der Waals surface area contributed by atoms with Gasteiger partial charge in [-0.2, -0.15) is 5.26 Å². The maximum atomic E-state index is 10.5. The van der Waals surface area contributed by atoms with Crippen LogP contribution in [0.5, 0.6) is 0 Å². The van der Waals surface area contributed by atoms with Gasteiger partial charge in [-0.25, -0.2) is 0 Å². The highest BCUT2D eigenvalue weighted by atomic mass is 32.1. The van der Waals surface area contributed by atoms with Crippen LogP contribution in [0, 0.1) is 11.3 Å². The number of aliphatic carboxylic acids is 1. The Hall–Kier alpha value is -2.12. The van der Waals surface area contributed by atoms with E-state index in [-0.39, 0.29) is 12.3 Å². The Kier molecular flexibility index (Phi) is 6.34. The third-order valence-corrected chi connectivity index (χ3v) is 3.36. The summed E-state index contributed by atoms with van der Waals surface area (Å²) >= 11 is 1.39. The molecule has 0 fully saturated rings. The van der Waals surface area contributed by atoms with Gasteiger partial charge < -0.3 is 5.11 Å². The molecule has 0 radical (unpaired) electrons. The van der Waals surface area contributed by atoms with E-state index < -0.39 is 5.97 Å². The van der Waals surface area contributed by atoms with Crippen LogP contribution >= 0.6 is 11.3 Å². The molecule has 0 spiro atoms. The zero-order chi connectivity index (χ0) is 14.1. The van der Waals surface area contributed by atoms with Gasteiger partial charge in [-0.3, -0.25) is 4.79 Å². The third kappa shape index (κ3) is 5.36. The van der Waals surface area contributed by atoms with Crippen LogP contribution in [0.1, 0.15) is 23.3 Å². The number of thiophene rings is 1. The number of hydrogen-bond donors (Lipinski definition) is 1. The minimum absolute atomic E-state index is 0.0129. The normalized spacial score (nSPS) is 10.7. The number of nitriles is 1. The molecule has 1 aromatic heterocycles. The summed E-state index contributed by atoms with van der Waals surface area (Å²) in [6, 6.07) is 15.9. The van der Waals surface area contributed by atoms with Crippen LogP contribution in [0.15, 0.2) is 47.8 Å². The summed E-state index contributed by atoms with van der Waals surface area (Å²) in [5.74, 6) is -1.07. The molecule has 1 atom stereocenters. The fraction of sp³-hybridized carbons (Fsp3) is 0.200. The molecule has 0 bridgehead atoms. The first-order chi connectivity index (χ1) is 9.15. The van der Waals surface area contributed by atoms with Crippen molar-refractivity contribution in [2.45, 2.75) is 19.3 Å². The van der Waals surface area contributed by atoms with E-state index in [9.17, 15) is 4.79 Å². The number of hydrogen-bond acceptors (Lipinski definition) is 3. The molecule has 0 aliphatic rings. The predicted octanol–water partition coefficient (Wildman–Crippen LogP) is 3.69. The van der Waals surface area contributed by atoms with Gasteiger partial charge in [0.25, 0.3) is 0 Å². The Morgan fingerprint density at radius 3 is 2.26 bits per heavy atom. The number of benzene rings is 1. The van der Waals surface area contributed by atoms with E-state index in [2.05, 4.69) is 6.07 Å². The van der Waals surface area contributed by atoms with Gasteiger partial charge in [0.15, 0.2) is 0 Å². The summed E-state index contributed by atoms with van der Waals surface area (Å²) in [6.07, 6.45) is 0.0129. The smallest absolute Gasteiger partial charge is 0.308 e. The Balaban J connectivity index is 0.000000250. The zero-order valence-electron chi connectivity index (χ0n) is 10.6. The van der Waals surface area contributed by atoms with Gasteiger partial charge in [-0.15, -0.1) is 11.3 Å². The van der Waals surface area contributed by atoms with E-state index in [0.29, 0.717) is 0 Å². The average molecular weight is 273 g/mol. The molecule has 0 saturated carbocycles. The molecule has 0 aliphatic carbocycles. The van der Waals surface area contributed by atoms with Crippen molar-refractivity contribution in [3.63, 3.8) is 0 Å². The zero-order valence-corrected chi connectivity index (χ0v) is 11.4. The molecule has 98 valence electrons. The van der Waals surface area contributed by atoms with Gasteiger partial charge >= 0.3 is 5.97 Å². The van der Waals surface area contributed by atoms with E-state index >= 15 is 0 Å². The van der Waals surface area contributed by atoms with Gasteiger partial charge in [-0.1, -0.05) is 36.4 Å². The molecule has 0 saturated heterocycles. The summed E-state index contributed by atoms with van der Waals surface area (Å²) in [6.45, 7) is 1.77. The lowest BCUT2D eigenvalue weighted by molar-refractivity contribution is -0.136. The lowest BCUT2D eigenvalue weighted by Gasteiger charge is -2.01. The lowest BCUT2D eigenvalue weighted by Crippen LogP contribution is -2.01. The van der Waals surface area contributed by atoms with Crippen LogP contribution in [-0.2, 0) is 11.2 Å². The van der Waals surface area contributed by atoms with Crippen molar-refractivity contribution in [3.05, 3.63) is 58.3 Å². The summed E-state index contributed by atoms with van der Waals surface area (Å²) < 4.78 is 0. The Morgan fingerprint density at radius 2 is 1.84 bits per heavy atom. The largest absolute Gasteiger partial charge is 0.481 e. The van der Waals surface area contributed by atoms with E-state index in [1.807, 2.05) is 47.8 Å². The van der Waals surface area contributed by atoms with Crippen LogP contribution in [0.4, 0.5) is 0 Å². The van der Waals surface area contributed by atoms with Crippen LogP contribution < -0.4 is 0 Å². The third-order valence-electron chi connectivity index (χ3n) is 2.42. The topological polar surface area (TPSA) is 61.1 Å². The number of rotatable bonds is 3. The van der Waals surface area contributed by atoms with Crippen molar-refractivity contribution < 1.29 is 9.90 Å². The first kappa shape index (κ1) is 14.9. The first-order valence-electron chi connectivity index (χ1n) is 5.82. The summed E-state index contributed by atoms with van der Waals surface area (Å²) in [7, 11) is 0. The predicted molar refractivity (Wildman–Crippen MR) is 76.1 cm³/mol. The van der Waals surface area contributed by atoms with Crippen molar-refractivity contribution in [2.24, 2.45) is 0 Å². The second-order valence-electron chi connectivity index (χ2n) is 3.88. The van der Waals surface area contributed by atoms with Crippen molar-refractivity contribution in [3.8, 4) is 6.07 Å². The minimum atomic E-state index is -0.853. The second-order valence-corrected chi connectivity index (χ2v) is 4.88. The Morgan fingerprint density at radius 1 is 1.32 bits per heavy atom. The molecular weight excluding hydrogens is 258 g/mol. The molecule has 2 rings (SSSR count). The standard InChI is InChI=1S/C9H9NO2S.C6H6/c1-6(5-10)7-2-3-13-8(7)4-9(11)12;1-2-4-6-5-3-1/h2-3,6H,4H2,1H3,(H,11,12);1-6H. The Bertz CT molecular complexity index is 516. The van der Waals surface area contributed by atoms with Crippen molar-refractivity contribution in [1.29, 1.82) is 5.26 Å². The summed E-state index contributed by atoms with van der Waals surface area (Å²) in [5.41, 5.74) is 0.843. The second kappa shape index (κ2) is 8.06. The molecule has 4 heteroatoms. The fourth-order valence-corrected chi connectivity index (χ4v) is 2.44. The van der Waals surface area contributed by atoms with E-state index in [4.69, 9.17) is 10.4 Å². The van der Waals surface area contributed by atoms with E-state index in [1.165, 1.54) is 11.3 Å². The first-order valence-corrected chi connectivity index (χ1v) is 6.70. The quantitative estimate of drug-likeness (QED) is 0.927. The molecule has 1 N–H and O–H groups in total. The monoisotopic (exact) mass is 273 g/mol. The molecule has 19 heavy (non-hydrogen) atoms. The molecule has 0 aliphatic heterocycles. The summed E-state index contributed by atoms with van der Waals surface area (Å²) in [5, 5.41) is 19.1. The number of carboxylic acid groups (broad SMARTS) is 1. The van der Waals surface area contributed by atoms with Gasteiger partial charge in [0.05, 0.1) is 18.4 Å². The maximum Gasteiger partial charge on any atom is 0.308 e. The van der Waals surface area contributed by atoms with Crippen molar-refractivity contribution in [1.82, 2.24) is 0 Å². The number of nitrogens with zero attached hydrogens (tertiary/aromatic N) is 1. The molecule has 3 nitrogen and oxygen atoms in total. The van der Waals surface area contributed by atoms with Crippen LogP contribution in [0.2, 0.25) is 0 Å². The van der Waals surface area contributed by atoms with Gasteiger partial charge in [0.2, 0.25) is 0 Å². The molecule has 0 amide bonds. The van der Waals surface area contributed by atoms with Gasteiger partial charge in [0, 0.05) is 4.88 Å². The average Bonchev–Trinajstić information content (AvgIpc) is 2.88. The van der Waals surface area contributed by atoms with Gasteiger partial charge in [0.1, 0.15) is 0 Å². The molecular formula is C15H15NO2S. The fourth-order valence-electron chi connectivity index (χ4n) is 1.47. The highest BCUT2D eigenvalue weighted by Gasteiger charge is 2.13. The van der Waals surface area contributed by atoms with Crippen molar-refractivity contribution in [2.75, 3.05) is 0 Å². The van der Waals surface area contributed by atoms with E-state index in [1.54, 1.807) is 6.92 Å². The Labute approximate surface area is 116 Å². The number of carboxylic acids is 1. The SMILES string of the molecule is CC(C#N)c1ccsc1CC(=O)O.c1ccccc1.